The van der Waals surface area contributed by atoms with Crippen LogP contribution in [0.2, 0.25) is 0 Å². The summed E-state index contributed by atoms with van der Waals surface area (Å²) < 4.78 is 18.6. The Morgan fingerprint density at radius 3 is 1.39 bits per heavy atom. The molecule has 1 aromatic heterocycles. The zero-order chi connectivity index (χ0) is 27.3. The van der Waals surface area contributed by atoms with Gasteiger partial charge in [0, 0.05) is 18.6 Å². The number of rotatable bonds is 22. The summed E-state index contributed by atoms with van der Waals surface area (Å²) >= 11 is 0. The molecule has 0 unspecified atom stereocenters. The van der Waals surface area contributed by atoms with Crippen molar-refractivity contribution < 1.29 is 18.8 Å². The highest BCUT2D eigenvalue weighted by atomic mass is 16.5. The molecule has 2 aromatic rings. The van der Waals surface area contributed by atoms with Crippen LogP contribution in [0.3, 0.4) is 0 Å². The van der Waals surface area contributed by atoms with E-state index < -0.39 is 0 Å². The minimum absolute atomic E-state index is 0.613. The number of hydrogen-bond donors (Lipinski definition) is 0. The fourth-order valence-corrected chi connectivity index (χ4v) is 4.96. The standard InChI is InChI=1S/C34H54NO3/c1-5-6-7-8-9-10-11-12-13-14-15-16-17-18-19-20-25-35-26-23-30(24-27-35)21-22-31-28-32(36-2)34(38-4)33(29-31)37-3/h21-24,26-29H,5-20,25H2,1-4H3/q+1/b22-21+. The number of benzene rings is 1. The summed E-state index contributed by atoms with van der Waals surface area (Å²) in [4.78, 5) is 0. The third-order valence-corrected chi connectivity index (χ3v) is 7.34. The average Bonchev–Trinajstić information content (AvgIpc) is 2.95. The summed E-state index contributed by atoms with van der Waals surface area (Å²) in [7, 11) is 4.90. The maximum absolute atomic E-state index is 5.45. The first-order valence-electron chi connectivity index (χ1n) is 15.2. The molecule has 0 atom stereocenters. The molecule has 2 rings (SSSR count). The Hall–Kier alpha value is -2.49. The lowest BCUT2D eigenvalue weighted by atomic mass is 10.0. The van der Waals surface area contributed by atoms with Crippen molar-refractivity contribution in [1.29, 1.82) is 0 Å². The monoisotopic (exact) mass is 524 g/mol. The van der Waals surface area contributed by atoms with Crippen molar-refractivity contribution in [3.05, 3.63) is 47.8 Å². The Bertz CT molecular complexity index is 866. The molecule has 0 aliphatic heterocycles. The Morgan fingerprint density at radius 2 is 0.974 bits per heavy atom. The average molecular weight is 525 g/mol. The van der Waals surface area contributed by atoms with E-state index in [9.17, 15) is 0 Å². The highest BCUT2D eigenvalue weighted by molar-refractivity contribution is 5.72. The van der Waals surface area contributed by atoms with Gasteiger partial charge < -0.3 is 14.2 Å². The van der Waals surface area contributed by atoms with Crippen molar-refractivity contribution in [3.8, 4) is 17.2 Å². The minimum atomic E-state index is 0.613. The highest BCUT2D eigenvalue weighted by Crippen LogP contribution is 2.38. The van der Waals surface area contributed by atoms with Crippen LogP contribution in [0.25, 0.3) is 12.2 Å². The van der Waals surface area contributed by atoms with Gasteiger partial charge in [-0.1, -0.05) is 109 Å². The van der Waals surface area contributed by atoms with Crippen molar-refractivity contribution in [3.63, 3.8) is 0 Å². The third-order valence-electron chi connectivity index (χ3n) is 7.34. The molecular weight excluding hydrogens is 470 g/mol. The van der Waals surface area contributed by atoms with Crippen LogP contribution in [0.15, 0.2) is 36.7 Å². The number of aryl methyl sites for hydroxylation is 1. The van der Waals surface area contributed by atoms with Gasteiger partial charge in [-0.15, -0.1) is 0 Å². The molecule has 0 bridgehead atoms. The number of nitrogens with zero attached hydrogens (tertiary/aromatic N) is 1. The van der Waals surface area contributed by atoms with E-state index in [1.54, 1.807) is 21.3 Å². The fourth-order valence-electron chi connectivity index (χ4n) is 4.96. The first-order chi connectivity index (χ1) is 18.7. The molecule has 0 amide bonds. The molecule has 0 saturated heterocycles. The van der Waals surface area contributed by atoms with E-state index in [1.807, 2.05) is 12.1 Å². The largest absolute Gasteiger partial charge is 0.493 e. The molecule has 1 heterocycles. The second-order valence-corrected chi connectivity index (χ2v) is 10.5. The SMILES string of the molecule is CCCCCCCCCCCCCCCCCC[n+]1ccc(/C=C/c2cc(OC)c(OC)c(OC)c2)cc1. The minimum Gasteiger partial charge on any atom is -0.493 e. The van der Waals surface area contributed by atoms with Gasteiger partial charge in [-0.3, -0.25) is 0 Å². The van der Waals surface area contributed by atoms with Crippen LogP contribution in [0.4, 0.5) is 0 Å². The van der Waals surface area contributed by atoms with Gasteiger partial charge in [0.05, 0.1) is 21.3 Å². The maximum atomic E-state index is 5.45. The lowest BCUT2D eigenvalue weighted by Crippen LogP contribution is -2.32. The zero-order valence-electron chi connectivity index (χ0n) is 24.8. The highest BCUT2D eigenvalue weighted by Gasteiger charge is 2.12. The van der Waals surface area contributed by atoms with Crippen LogP contribution in [-0.4, -0.2) is 21.3 Å². The van der Waals surface area contributed by atoms with Crippen LogP contribution >= 0.6 is 0 Å². The summed E-state index contributed by atoms with van der Waals surface area (Å²) in [5.41, 5.74) is 2.17. The van der Waals surface area contributed by atoms with E-state index in [4.69, 9.17) is 14.2 Å². The lowest BCUT2D eigenvalue weighted by Gasteiger charge is -2.12. The Morgan fingerprint density at radius 1 is 0.553 bits per heavy atom. The molecule has 0 saturated carbocycles. The van der Waals surface area contributed by atoms with Crippen LogP contribution in [0, 0.1) is 0 Å². The van der Waals surface area contributed by atoms with Crippen molar-refractivity contribution in [2.24, 2.45) is 0 Å². The van der Waals surface area contributed by atoms with Gasteiger partial charge in [-0.2, -0.15) is 0 Å². The second kappa shape index (κ2) is 20.5. The Kier molecular flexibility index (Phi) is 17.1. The van der Waals surface area contributed by atoms with Crippen molar-refractivity contribution in [2.45, 2.75) is 116 Å². The van der Waals surface area contributed by atoms with Gasteiger partial charge in [0.15, 0.2) is 23.9 Å². The van der Waals surface area contributed by atoms with E-state index >= 15 is 0 Å². The van der Waals surface area contributed by atoms with Crippen LogP contribution < -0.4 is 18.8 Å². The lowest BCUT2D eigenvalue weighted by molar-refractivity contribution is -0.697. The molecule has 4 heteroatoms. The number of pyridine rings is 1. The number of ether oxygens (including phenoxy) is 3. The number of aromatic nitrogens is 1. The van der Waals surface area contributed by atoms with Crippen LogP contribution in [-0.2, 0) is 6.54 Å². The van der Waals surface area contributed by atoms with Gasteiger partial charge in [-0.25, -0.2) is 4.57 Å². The molecular formula is C34H54NO3+. The molecule has 38 heavy (non-hydrogen) atoms. The molecule has 0 N–H and O–H groups in total. The predicted octanol–water partition coefficient (Wildman–Crippen LogP) is 9.43. The molecule has 0 aliphatic carbocycles. The van der Waals surface area contributed by atoms with Gasteiger partial charge >= 0.3 is 0 Å². The Balaban J connectivity index is 1.55. The van der Waals surface area contributed by atoms with Crippen LogP contribution in [0.1, 0.15) is 121 Å². The van der Waals surface area contributed by atoms with Crippen molar-refractivity contribution >= 4 is 12.2 Å². The van der Waals surface area contributed by atoms with E-state index in [0.29, 0.717) is 17.2 Å². The van der Waals surface area contributed by atoms with E-state index in [0.717, 1.165) is 12.1 Å². The van der Waals surface area contributed by atoms with Gasteiger partial charge in [-0.05, 0) is 29.7 Å². The second-order valence-electron chi connectivity index (χ2n) is 10.5. The summed E-state index contributed by atoms with van der Waals surface area (Å²) in [6.45, 7) is 3.38. The Labute approximate surface area is 233 Å². The van der Waals surface area contributed by atoms with Crippen molar-refractivity contribution in [1.82, 2.24) is 0 Å². The van der Waals surface area contributed by atoms with E-state index in [2.05, 4.69) is 48.2 Å². The predicted molar refractivity (Wildman–Crippen MR) is 161 cm³/mol. The van der Waals surface area contributed by atoms with Crippen molar-refractivity contribution in [2.75, 3.05) is 21.3 Å². The smallest absolute Gasteiger partial charge is 0.203 e. The van der Waals surface area contributed by atoms with E-state index in [-0.39, 0.29) is 0 Å². The van der Waals surface area contributed by atoms with Gasteiger partial charge in [0.2, 0.25) is 5.75 Å². The van der Waals surface area contributed by atoms with Gasteiger partial charge in [0.1, 0.15) is 6.54 Å². The number of unbranched alkanes of at least 4 members (excludes halogenated alkanes) is 15. The molecule has 0 fully saturated rings. The molecule has 0 spiro atoms. The van der Waals surface area contributed by atoms with E-state index in [1.165, 1.54) is 108 Å². The summed E-state index contributed by atoms with van der Waals surface area (Å²) in [6.07, 6.45) is 31.1. The fraction of sp³-hybridized carbons (Fsp3) is 0.618. The van der Waals surface area contributed by atoms with Gasteiger partial charge in [0.25, 0.3) is 0 Å². The topological polar surface area (TPSA) is 31.6 Å². The summed E-state index contributed by atoms with van der Waals surface area (Å²) in [5.74, 6) is 1.94. The normalized spacial score (nSPS) is 11.3. The molecule has 4 nitrogen and oxygen atoms in total. The first-order valence-corrected chi connectivity index (χ1v) is 15.2. The maximum Gasteiger partial charge on any atom is 0.203 e. The zero-order valence-corrected chi connectivity index (χ0v) is 24.8. The molecule has 212 valence electrons. The summed E-state index contributed by atoms with van der Waals surface area (Å²) in [5, 5.41) is 0. The number of hydrogen-bond acceptors (Lipinski definition) is 3. The first kappa shape index (κ1) is 31.7. The molecule has 1 aromatic carbocycles. The third kappa shape index (κ3) is 12.8. The summed E-state index contributed by atoms with van der Waals surface area (Å²) in [6, 6.07) is 8.25. The number of methoxy groups -OCH3 is 3. The van der Waals surface area contributed by atoms with Crippen LogP contribution in [0.5, 0.6) is 17.2 Å². The molecule has 0 aliphatic rings. The quantitative estimate of drug-likeness (QED) is 0.114. The molecule has 0 radical (unpaired) electrons.